The van der Waals surface area contributed by atoms with Crippen molar-refractivity contribution in [3.63, 3.8) is 0 Å². The SMILES string of the molecule is CCc1cccc(C)c1NC(=O)Cn1cc(C=O)nn1. The van der Waals surface area contributed by atoms with Gasteiger partial charge in [0.1, 0.15) is 12.2 Å². The smallest absolute Gasteiger partial charge is 0.246 e. The lowest BCUT2D eigenvalue weighted by Crippen LogP contribution is -2.20. The summed E-state index contributed by atoms with van der Waals surface area (Å²) < 4.78 is 1.34. The van der Waals surface area contributed by atoms with E-state index in [-0.39, 0.29) is 18.1 Å². The molecule has 0 radical (unpaired) electrons. The monoisotopic (exact) mass is 272 g/mol. The standard InChI is InChI=1S/C14H16N4O2/c1-3-11-6-4-5-10(2)14(11)15-13(20)8-18-7-12(9-19)16-17-18/h4-7,9H,3,8H2,1-2H3,(H,15,20). The van der Waals surface area contributed by atoms with Gasteiger partial charge in [0.15, 0.2) is 6.29 Å². The minimum atomic E-state index is -0.198. The van der Waals surface area contributed by atoms with Gasteiger partial charge in [-0.1, -0.05) is 30.3 Å². The molecule has 2 aromatic rings. The molecule has 0 atom stereocenters. The van der Waals surface area contributed by atoms with Crippen molar-refractivity contribution in [2.45, 2.75) is 26.8 Å². The molecule has 0 aliphatic carbocycles. The topological polar surface area (TPSA) is 76.9 Å². The highest BCUT2D eigenvalue weighted by molar-refractivity contribution is 5.92. The van der Waals surface area contributed by atoms with E-state index in [1.807, 2.05) is 32.0 Å². The maximum Gasteiger partial charge on any atom is 0.246 e. The number of aromatic nitrogens is 3. The van der Waals surface area contributed by atoms with Gasteiger partial charge in [0.2, 0.25) is 5.91 Å². The lowest BCUT2D eigenvalue weighted by atomic mass is 10.1. The van der Waals surface area contributed by atoms with E-state index in [1.165, 1.54) is 10.9 Å². The average molecular weight is 272 g/mol. The van der Waals surface area contributed by atoms with Crippen LogP contribution in [0.15, 0.2) is 24.4 Å². The third kappa shape index (κ3) is 3.09. The maximum atomic E-state index is 12.0. The quantitative estimate of drug-likeness (QED) is 0.839. The van der Waals surface area contributed by atoms with Crippen LogP contribution >= 0.6 is 0 Å². The van der Waals surface area contributed by atoms with E-state index in [1.54, 1.807) is 0 Å². The van der Waals surface area contributed by atoms with Crippen molar-refractivity contribution < 1.29 is 9.59 Å². The second kappa shape index (κ2) is 6.10. The van der Waals surface area contributed by atoms with Gasteiger partial charge in [0, 0.05) is 5.69 Å². The summed E-state index contributed by atoms with van der Waals surface area (Å²) in [6.45, 7) is 4.02. The van der Waals surface area contributed by atoms with Crippen molar-refractivity contribution in [1.82, 2.24) is 15.0 Å². The van der Waals surface area contributed by atoms with Gasteiger partial charge < -0.3 is 5.32 Å². The van der Waals surface area contributed by atoms with Gasteiger partial charge >= 0.3 is 0 Å². The van der Waals surface area contributed by atoms with E-state index in [2.05, 4.69) is 15.6 Å². The van der Waals surface area contributed by atoms with Crippen molar-refractivity contribution in [1.29, 1.82) is 0 Å². The zero-order valence-electron chi connectivity index (χ0n) is 11.5. The molecular formula is C14H16N4O2. The van der Waals surface area contributed by atoms with E-state index >= 15 is 0 Å². The van der Waals surface area contributed by atoms with Gasteiger partial charge in [-0.15, -0.1) is 5.10 Å². The lowest BCUT2D eigenvalue weighted by Gasteiger charge is -2.12. The fourth-order valence-corrected chi connectivity index (χ4v) is 1.97. The number of hydrogen-bond donors (Lipinski definition) is 1. The van der Waals surface area contributed by atoms with Crippen LogP contribution in [0.4, 0.5) is 5.69 Å². The lowest BCUT2D eigenvalue weighted by molar-refractivity contribution is -0.116. The number of carbonyl (C=O) groups excluding carboxylic acids is 2. The van der Waals surface area contributed by atoms with Gasteiger partial charge in [0.25, 0.3) is 0 Å². The van der Waals surface area contributed by atoms with Crippen LogP contribution in [0.5, 0.6) is 0 Å². The van der Waals surface area contributed by atoms with Crippen molar-refractivity contribution in [2.24, 2.45) is 0 Å². The number of anilines is 1. The van der Waals surface area contributed by atoms with E-state index in [0.29, 0.717) is 6.29 Å². The first-order chi connectivity index (χ1) is 9.63. The summed E-state index contributed by atoms with van der Waals surface area (Å²) in [6, 6.07) is 5.91. The fraction of sp³-hybridized carbons (Fsp3) is 0.286. The van der Waals surface area contributed by atoms with Crippen LogP contribution in [0.2, 0.25) is 0 Å². The van der Waals surface area contributed by atoms with Crippen molar-refractivity contribution in [3.8, 4) is 0 Å². The molecule has 1 aromatic heterocycles. The van der Waals surface area contributed by atoms with E-state index in [4.69, 9.17) is 0 Å². The Kier molecular flexibility index (Phi) is 4.24. The number of rotatable bonds is 5. The molecule has 1 heterocycles. The van der Waals surface area contributed by atoms with Gasteiger partial charge in [0.05, 0.1) is 6.20 Å². The molecule has 1 aromatic carbocycles. The maximum absolute atomic E-state index is 12.0. The predicted molar refractivity (Wildman–Crippen MR) is 74.6 cm³/mol. The largest absolute Gasteiger partial charge is 0.324 e. The number of aryl methyl sites for hydroxylation is 2. The Bertz CT molecular complexity index is 634. The molecule has 0 saturated heterocycles. The highest BCUT2D eigenvalue weighted by Gasteiger charge is 2.10. The minimum Gasteiger partial charge on any atom is -0.324 e. The summed E-state index contributed by atoms with van der Waals surface area (Å²) in [6.07, 6.45) is 2.87. The Morgan fingerprint density at radius 2 is 2.25 bits per heavy atom. The van der Waals surface area contributed by atoms with E-state index in [0.717, 1.165) is 23.2 Å². The molecule has 6 nitrogen and oxygen atoms in total. The highest BCUT2D eigenvalue weighted by atomic mass is 16.2. The number of nitrogens with one attached hydrogen (secondary N) is 1. The first-order valence-electron chi connectivity index (χ1n) is 6.37. The summed E-state index contributed by atoms with van der Waals surface area (Å²) in [5.74, 6) is -0.198. The van der Waals surface area contributed by atoms with Crippen LogP contribution in [0.25, 0.3) is 0 Å². The Labute approximate surface area is 116 Å². The van der Waals surface area contributed by atoms with Crippen molar-refractivity contribution in [2.75, 3.05) is 5.32 Å². The van der Waals surface area contributed by atoms with Crippen molar-refractivity contribution in [3.05, 3.63) is 41.2 Å². The Hall–Kier alpha value is -2.50. The van der Waals surface area contributed by atoms with Crippen LogP contribution in [0.3, 0.4) is 0 Å². The van der Waals surface area contributed by atoms with Gasteiger partial charge in [-0.3, -0.25) is 9.59 Å². The molecule has 20 heavy (non-hydrogen) atoms. The summed E-state index contributed by atoms with van der Waals surface area (Å²) in [7, 11) is 0. The zero-order chi connectivity index (χ0) is 14.5. The molecule has 0 aliphatic heterocycles. The fourth-order valence-electron chi connectivity index (χ4n) is 1.97. The van der Waals surface area contributed by atoms with Crippen LogP contribution in [-0.4, -0.2) is 27.2 Å². The van der Waals surface area contributed by atoms with Gasteiger partial charge in [-0.2, -0.15) is 0 Å². The molecule has 0 aliphatic rings. The number of benzene rings is 1. The minimum absolute atomic E-state index is 0.0261. The Balaban J connectivity index is 2.10. The Morgan fingerprint density at radius 1 is 1.45 bits per heavy atom. The summed E-state index contributed by atoms with van der Waals surface area (Å²) in [4.78, 5) is 22.5. The van der Waals surface area contributed by atoms with Gasteiger partial charge in [-0.05, 0) is 24.5 Å². The number of para-hydroxylation sites is 1. The number of aldehydes is 1. The Morgan fingerprint density at radius 3 is 2.90 bits per heavy atom. The van der Waals surface area contributed by atoms with Crippen LogP contribution in [0, 0.1) is 6.92 Å². The number of nitrogens with zero attached hydrogens (tertiary/aromatic N) is 3. The number of hydrogen-bond acceptors (Lipinski definition) is 4. The first kappa shape index (κ1) is 13.9. The normalized spacial score (nSPS) is 10.3. The second-order valence-electron chi connectivity index (χ2n) is 4.47. The predicted octanol–water partition coefficient (Wildman–Crippen LogP) is 1.60. The van der Waals surface area contributed by atoms with Crippen LogP contribution in [-0.2, 0) is 17.8 Å². The third-order valence-electron chi connectivity index (χ3n) is 2.99. The molecule has 2 rings (SSSR count). The molecule has 1 N–H and O–H groups in total. The highest BCUT2D eigenvalue weighted by Crippen LogP contribution is 2.20. The first-order valence-corrected chi connectivity index (χ1v) is 6.37. The number of carbonyl (C=O) groups is 2. The molecule has 0 bridgehead atoms. The van der Waals surface area contributed by atoms with E-state index in [9.17, 15) is 9.59 Å². The van der Waals surface area contributed by atoms with Gasteiger partial charge in [-0.25, -0.2) is 4.68 Å². The number of amides is 1. The van der Waals surface area contributed by atoms with Crippen LogP contribution < -0.4 is 5.32 Å². The summed E-state index contributed by atoms with van der Waals surface area (Å²) in [5, 5.41) is 10.2. The second-order valence-corrected chi connectivity index (χ2v) is 4.47. The summed E-state index contributed by atoms with van der Waals surface area (Å²) in [5.41, 5.74) is 3.16. The molecule has 104 valence electrons. The third-order valence-corrected chi connectivity index (χ3v) is 2.99. The average Bonchev–Trinajstić information content (AvgIpc) is 2.88. The summed E-state index contributed by atoms with van der Waals surface area (Å²) >= 11 is 0. The molecular weight excluding hydrogens is 256 g/mol. The van der Waals surface area contributed by atoms with Crippen molar-refractivity contribution >= 4 is 17.9 Å². The van der Waals surface area contributed by atoms with Crippen LogP contribution in [0.1, 0.15) is 28.5 Å². The zero-order valence-corrected chi connectivity index (χ0v) is 11.5. The molecule has 0 spiro atoms. The molecule has 0 unspecified atom stereocenters. The van der Waals surface area contributed by atoms with E-state index < -0.39 is 0 Å². The molecule has 0 saturated carbocycles. The molecule has 1 amide bonds. The molecule has 6 heteroatoms. The molecule has 0 fully saturated rings.